The Hall–Kier alpha value is -1.31. The Balaban J connectivity index is 2.22. The van der Waals surface area contributed by atoms with Gasteiger partial charge < -0.3 is 4.42 Å². The first kappa shape index (κ1) is 16.1. The average Bonchev–Trinajstić information content (AvgIpc) is 2.97. The van der Waals surface area contributed by atoms with E-state index in [1.807, 2.05) is 12.1 Å². The molecule has 0 saturated heterocycles. The van der Waals surface area contributed by atoms with Gasteiger partial charge in [0, 0.05) is 12.0 Å². The quantitative estimate of drug-likeness (QED) is 0.361. The number of ketones is 1. The van der Waals surface area contributed by atoms with Gasteiger partial charge in [-0.1, -0.05) is 11.6 Å². The van der Waals surface area contributed by atoms with Crippen molar-refractivity contribution in [3.63, 3.8) is 0 Å². The number of carbonyl (C=O) groups excluding carboxylic acids is 1. The van der Waals surface area contributed by atoms with Crippen LogP contribution < -0.4 is 5.90 Å². The first-order valence-corrected chi connectivity index (χ1v) is 7.29. The summed E-state index contributed by atoms with van der Waals surface area (Å²) in [5, 5.41) is 0.469. The molecule has 1 heterocycles. The Morgan fingerprint density at radius 3 is 2.86 bits per heavy atom. The number of furan rings is 1. The van der Waals surface area contributed by atoms with Gasteiger partial charge in [0.15, 0.2) is 5.78 Å². The van der Waals surface area contributed by atoms with E-state index in [0.717, 1.165) is 23.4 Å². The highest BCUT2D eigenvalue weighted by molar-refractivity contribution is 7.94. The predicted octanol–water partition coefficient (Wildman–Crippen LogP) is 3.75. The van der Waals surface area contributed by atoms with Gasteiger partial charge in [-0.05, 0) is 43.2 Å². The molecule has 0 spiro atoms. The van der Waals surface area contributed by atoms with Crippen LogP contribution in [0.4, 0.5) is 0 Å². The molecule has 112 valence electrons. The highest BCUT2D eigenvalue weighted by Gasteiger charge is 2.14. The molecule has 7 heteroatoms. The van der Waals surface area contributed by atoms with E-state index < -0.39 is 0 Å². The third kappa shape index (κ3) is 4.33. The van der Waals surface area contributed by atoms with Crippen LogP contribution in [0.3, 0.4) is 0 Å². The zero-order valence-corrected chi connectivity index (χ0v) is 12.9. The molecule has 2 aromatic rings. The van der Waals surface area contributed by atoms with Gasteiger partial charge >= 0.3 is 0 Å². The van der Waals surface area contributed by atoms with Crippen molar-refractivity contribution in [3.8, 4) is 0 Å². The van der Waals surface area contributed by atoms with Crippen molar-refractivity contribution >= 4 is 29.4 Å². The first-order valence-electron chi connectivity index (χ1n) is 6.17. The summed E-state index contributed by atoms with van der Waals surface area (Å²) < 4.78 is 9.87. The van der Waals surface area contributed by atoms with Crippen LogP contribution in [-0.2, 0) is 22.2 Å². The van der Waals surface area contributed by atoms with E-state index in [1.54, 1.807) is 18.4 Å². The Kier molecular flexibility index (Phi) is 5.84. The summed E-state index contributed by atoms with van der Waals surface area (Å²) in [7, 11) is 0. The van der Waals surface area contributed by atoms with E-state index in [4.69, 9.17) is 21.9 Å². The molecular weight excluding hydrogens is 314 g/mol. The lowest BCUT2D eigenvalue weighted by Crippen LogP contribution is -2.03. The van der Waals surface area contributed by atoms with Crippen molar-refractivity contribution in [1.29, 1.82) is 0 Å². The number of hydrogen-bond acceptors (Lipinski definition) is 6. The van der Waals surface area contributed by atoms with Crippen molar-refractivity contribution < 1.29 is 18.5 Å². The zero-order valence-electron chi connectivity index (χ0n) is 11.3. The highest BCUT2D eigenvalue weighted by Crippen LogP contribution is 2.31. The topological polar surface area (TPSA) is 74.7 Å². The van der Waals surface area contributed by atoms with Crippen LogP contribution in [0.15, 0.2) is 39.8 Å². The highest BCUT2D eigenvalue weighted by atomic mass is 35.5. The van der Waals surface area contributed by atoms with E-state index >= 15 is 0 Å². The van der Waals surface area contributed by atoms with Crippen LogP contribution in [0.2, 0.25) is 5.02 Å². The van der Waals surface area contributed by atoms with Crippen molar-refractivity contribution in [2.24, 2.45) is 5.90 Å². The van der Waals surface area contributed by atoms with Crippen LogP contribution in [0.25, 0.3) is 0 Å². The van der Waals surface area contributed by atoms with Crippen LogP contribution >= 0.6 is 23.6 Å². The maximum Gasteiger partial charge on any atom is 0.160 e. The van der Waals surface area contributed by atoms with Gasteiger partial charge in [-0.3, -0.25) is 4.79 Å². The van der Waals surface area contributed by atoms with E-state index in [-0.39, 0.29) is 5.78 Å². The molecule has 0 bridgehead atoms. The Morgan fingerprint density at radius 1 is 1.43 bits per heavy atom. The summed E-state index contributed by atoms with van der Waals surface area (Å²) >= 11 is 7.02. The summed E-state index contributed by atoms with van der Waals surface area (Å²) in [6.45, 7) is 1.51. The van der Waals surface area contributed by atoms with E-state index in [1.165, 1.54) is 6.92 Å². The monoisotopic (exact) mass is 327 g/mol. The molecule has 0 saturated carbocycles. The van der Waals surface area contributed by atoms with E-state index in [0.29, 0.717) is 28.3 Å². The summed E-state index contributed by atoms with van der Waals surface area (Å²) in [4.78, 5) is 16.4. The molecule has 0 amide bonds. The minimum atomic E-state index is -0.0448. The Labute approximate surface area is 131 Å². The van der Waals surface area contributed by atoms with Crippen molar-refractivity contribution in [2.75, 3.05) is 0 Å². The number of aryl methyl sites for hydroxylation is 2. The largest absolute Gasteiger partial charge is 0.469 e. The molecule has 1 aromatic carbocycles. The Bertz CT molecular complexity index is 616. The molecule has 0 aliphatic carbocycles. The second kappa shape index (κ2) is 7.63. The van der Waals surface area contributed by atoms with Crippen molar-refractivity contribution in [2.45, 2.75) is 24.7 Å². The SMILES string of the molecule is CC(=O)c1cc(SOON)c(Cl)cc1CCc1ccco1. The lowest BCUT2D eigenvalue weighted by Gasteiger charge is -2.10. The number of halogens is 1. The summed E-state index contributed by atoms with van der Waals surface area (Å²) in [5.74, 6) is 5.61. The maximum absolute atomic E-state index is 11.8. The lowest BCUT2D eigenvalue weighted by molar-refractivity contribution is -0.195. The van der Waals surface area contributed by atoms with Gasteiger partial charge in [0.05, 0.1) is 28.2 Å². The van der Waals surface area contributed by atoms with Gasteiger partial charge in [0.1, 0.15) is 5.76 Å². The first-order chi connectivity index (χ1) is 10.1. The van der Waals surface area contributed by atoms with Gasteiger partial charge in [0.2, 0.25) is 0 Å². The second-order valence-electron chi connectivity index (χ2n) is 4.32. The third-order valence-corrected chi connectivity index (χ3v) is 4.01. The zero-order chi connectivity index (χ0) is 15.2. The van der Waals surface area contributed by atoms with Crippen LogP contribution in [0, 0.1) is 0 Å². The third-order valence-electron chi connectivity index (χ3n) is 2.92. The number of Topliss-reactive ketones (excluding diaryl/α,β-unsaturated/α-hetero) is 1. The molecule has 0 unspecified atom stereocenters. The maximum atomic E-state index is 11.8. The molecule has 5 nitrogen and oxygen atoms in total. The predicted molar refractivity (Wildman–Crippen MR) is 79.8 cm³/mol. The van der Waals surface area contributed by atoms with Gasteiger partial charge in [0.25, 0.3) is 0 Å². The minimum absolute atomic E-state index is 0.0448. The summed E-state index contributed by atoms with van der Waals surface area (Å²) in [5.41, 5.74) is 1.45. The molecule has 1 aromatic heterocycles. The molecule has 2 N–H and O–H groups in total. The smallest absolute Gasteiger partial charge is 0.160 e. The lowest BCUT2D eigenvalue weighted by atomic mass is 9.99. The normalized spacial score (nSPS) is 10.8. The van der Waals surface area contributed by atoms with Crippen molar-refractivity contribution in [1.82, 2.24) is 0 Å². The standard InChI is InChI=1S/C14H14ClNO4S/c1-9(17)12-8-14(21-20-19-16)13(15)7-10(12)4-5-11-3-2-6-18-11/h2-3,6-8H,4-5,16H2,1H3. The molecule has 21 heavy (non-hydrogen) atoms. The number of carbonyl (C=O) groups is 1. The number of benzene rings is 1. The van der Waals surface area contributed by atoms with Gasteiger partial charge in [-0.25, -0.2) is 0 Å². The van der Waals surface area contributed by atoms with Crippen LogP contribution in [0.1, 0.15) is 28.6 Å². The number of rotatable bonds is 7. The molecule has 0 aliphatic rings. The van der Waals surface area contributed by atoms with Crippen molar-refractivity contribution in [3.05, 3.63) is 52.4 Å². The van der Waals surface area contributed by atoms with Crippen LogP contribution in [0.5, 0.6) is 0 Å². The summed E-state index contributed by atoms with van der Waals surface area (Å²) in [6, 6.07) is 7.15. The average molecular weight is 328 g/mol. The van der Waals surface area contributed by atoms with Gasteiger partial charge in [-0.15, -0.1) is 9.32 Å². The second-order valence-corrected chi connectivity index (χ2v) is 5.47. The van der Waals surface area contributed by atoms with E-state index in [9.17, 15) is 4.79 Å². The molecule has 0 fully saturated rings. The fraction of sp³-hybridized carbons (Fsp3) is 0.214. The van der Waals surface area contributed by atoms with E-state index in [2.05, 4.69) is 9.32 Å². The number of hydrogen-bond donors (Lipinski definition) is 1. The number of nitrogens with two attached hydrogens (primary N) is 1. The van der Waals surface area contributed by atoms with Crippen LogP contribution in [-0.4, -0.2) is 5.78 Å². The molecule has 2 rings (SSSR count). The Morgan fingerprint density at radius 2 is 2.24 bits per heavy atom. The molecule has 0 radical (unpaired) electrons. The molecule has 0 atom stereocenters. The minimum Gasteiger partial charge on any atom is -0.469 e. The fourth-order valence-corrected chi connectivity index (χ4v) is 2.66. The van der Waals surface area contributed by atoms with Gasteiger partial charge in [-0.2, -0.15) is 5.90 Å². The summed E-state index contributed by atoms with van der Waals surface area (Å²) in [6.07, 6.45) is 2.97. The molecule has 0 aliphatic heterocycles. The fourth-order valence-electron chi connectivity index (χ4n) is 1.96. The molecular formula is C14H14ClNO4S.